The van der Waals surface area contributed by atoms with Crippen LogP contribution in [0.15, 0.2) is 30.6 Å². The number of aliphatic hydroxyl groups is 1. The Labute approximate surface area is 226 Å². The van der Waals surface area contributed by atoms with E-state index in [1.807, 2.05) is 22.4 Å². The van der Waals surface area contributed by atoms with Crippen LogP contribution < -0.4 is 20.1 Å². The van der Waals surface area contributed by atoms with Gasteiger partial charge in [-0.2, -0.15) is 10.1 Å². The Morgan fingerprint density at radius 3 is 2.67 bits per heavy atom. The third kappa shape index (κ3) is 5.65. The van der Waals surface area contributed by atoms with Crippen LogP contribution in [-0.4, -0.2) is 53.5 Å². The van der Waals surface area contributed by atoms with Gasteiger partial charge in [-0.3, -0.25) is 9.48 Å². The van der Waals surface area contributed by atoms with Crippen LogP contribution in [-0.2, 0) is 23.8 Å². The van der Waals surface area contributed by atoms with Crippen molar-refractivity contribution in [3.8, 4) is 17.2 Å². The topological polar surface area (TPSA) is 141 Å². The molecule has 1 saturated carbocycles. The van der Waals surface area contributed by atoms with E-state index < -0.39 is 6.10 Å². The van der Waals surface area contributed by atoms with E-state index in [1.165, 1.54) is 0 Å². The Hall–Kier alpha value is -4.19. The third-order valence-electron chi connectivity index (χ3n) is 6.41. The number of methoxy groups -OCH3 is 1. The molecule has 39 heavy (non-hydrogen) atoms. The Bertz CT molecular complexity index is 1510. The van der Waals surface area contributed by atoms with Gasteiger partial charge in [-0.1, -0.05) is 20.8 Å². The van der Waals surface area contributed by atoms with Gasteiger partial charge in [0.1, 0.15) is 17.1 Å². The standard InChI is InChI=1S/C27H34N8O4/c1-15(36)14-35-19(27(2,3)4)12-21(33-35)31-26-32-24-22(34(26)5)23(38-6)18(13-29-24)39-17-9-10-28-20(11-17)30-25(37)16-7-8-16/h9-13,15-16,36H,7-8,14H2,1-6H3,(H,28,30,37)(H,29,31,32,33). The summed E-state index contributed by atoms with van der Waals surface area (Å²) in [5.41, 5.74) is 1.92. The number of aromatic nitrogens is 6. The molecule has 4 aromatic heterocycles. The maximum atomic E-state index is 12.1. The van der Waals surface area contributed by atoms with E-state index >= 15 is 0 Å². The van der Waals surface area contributed by atoms with Crippen LogP contribution >= 0.6 is 0 Å². The molecule has 1 aliphatic rings. The minimum absolute atomic E-state index is 0.0273. The predicted octanol–water partition coefficient (Wildman–Crippen LogP) is 4.13. The zero-order valence-corrected chi connectivity index (χ0v) is 23.0. The van der Waals surface area contributed by atoms with Gasteiger partial charge in [-0.05, 0) is 25.8 Å². The van der Waals surface area contributed by atoms with E-state index in [4.69, 9.17) is 9.47 Å². The summed E-state index contributed by atoms with van der Waals surface area (Å²) in [6, 6.07) is 5.32. The number of amides is 1. The number of hydrogen-bond donors (Lipinski definition) is 3. The lowest BCUT2D eigenvalue weighted by atomic mass is 9.92. The molecule has 4 heterocycles. The molecular weight excluding hydrogens is 500 g/mol. The Morgan fingerprint density at radius 1 is 1.23 bits per heavy atom. The number of aliphatic hydroxyl groups excluding tert-OH is 1. The van der Waals surface area contributed by atoms with Crippen LogP contribution in [0.25, 0.3) is 11.2 Å². The average Bonchev–Trinajstić information content (AvgIpc) is 3.57. The number of fused-ring (bicyclic) bond motifs is 1. The van der Waals surface area contributed by atoms with Gasteiger partial charge in [-0.25, -0.2) is 9.97 Å². The summed E-state index contributed by atoms with van der Waals surface area (Å²) < 4.78 is 15.5. The number of carbonyl (C=O) groups is 1. The molecule has 0 aliphatic heterocycles. The van der Waals surface area contributed by atoms with Crippen LogP contribution in [0.4, 0.5) is 17.6 Å². The fourth-order valence-electron chi connectivity index (χ4n) is 4.33. The molecule has 0 bridgehead atoms. The van der Waals surface area contributed by atoms with Crippen molar-refractivity contribution in [2.75, 3.05) is 17.7 Å². The highest BCUT2D eigenvalue weighted by atomic mass is 16.5. The van der Waals surface area contributed by atoms with Gasteiger partial charge < -0.3 is 29.8 Å². The number of hydrogen-bond acceptors (Lipinski definition) is 9. The average molecular weight is 535 g/mol. The quantitative estimate of drug-likeness (QED) is 0.289. The normalized spacial score (nSPS) is 14.3. The van der Waals surface area contributed by atoms with Gasteiger partial charge in [0.05, 0.1) is 26.0 Å². The number of carbonyl (C=O) groups excluding carboxylic acids is 1. The van der Waals surface area contributed by atoms with Crippen molar-refractivity contribution >= 4 is 34.7 Å². The molecule has 4 aromatic rings. The van der Waals surface area contributed by atoms with E-state index in [-0.39, 0.29) is 17.2 Å². The van der Waals surface area contributed by atoms with E-state index in [9.17, 15) is 9.90 Å². The molecule has 0 saturated heterocycles. The van der Waals surface area contributed by atoms with Crippen molar-refractivity contribution in [2.24, 2.45) is 13.0 Å². The summed E-state index contributed by atoms with van der Waals surface area (Å²) in [4.78, 5) is 25.5. The lowest BCUT2D eigenvalue weighted by Crippen LogP contribution is -2.22. The van der Waals surface area contributed by atoms with Gasteiger partial charge in [-0.15, -0.1) is 0 Å². The number of anilines is 3. The predicted molar refractivity (Wildman–Crippen MR) is 147 cm³/mol. The maximum Gasteiger partial charge on any atom is 0.228 e. The monoisotopic (exact) mass is 534 g/mol. The minimum atomic E-state index is -0.535. The molecule has 5 rings (SSSR count). The molecule has 1 fully saturated rings. The van der Waals surface area contributed by atoms with E-state index in [1.54, 1.807) is 38.6 Å². The first-order valence-electron chi connectivity index (χ1n) is 12.9. The Balaban J connectivity index is 1.43. The van der Waals surface area contributed by atoms with Gasteiger partial charge in [0.2, 0.25) is 11.9 Å². The molecule has 1 aliphatic carbocycles. The molecule has 1 unspecified atom stereocenters. The molecule has 1 amide bonds. The first kappa shape index (κ1) is 26.4. The van der Waals surface area contributed by atoms with Crippen LogP contribution in [0.2, 0.25) is 0 Å². The number of ether oxygens (including phenoxy) is 2. The van der Waals surface area contributed by atoms with Crippen molar-refractivity contribution < 1.29 is 19.4 Å². The third-order valence-corrected chi connectivity index (χ3v) is 6.41. The van der Waals surface area contributed by atoms with Gasteiger partial charge in [0.15, 0.2) is 23.0 Å². The molecular formula is C27H34N8O4. The van der Waals surface area contributed by atoms with Crippen molar-refractivity contribution in [2.45, 2.75) is 58.6 Å². The first-order valence-corrected chi connectivity index (χ1v) is 12.9. The number of nitrogens with zero attached hydrogens (tertiary/aromatic N) is 6. The summed E-state index contributed by atoms with van der Waals surface area (Å²) in [6.45, 7) is 8.43. The zero-order chi connectivity index (χ0) is 27.9. The van der Waals surface area contributed by atoms with Crippen LogP contribution in [0, 0.1) is 5.92 Å². The summed E-state index contributed by atoms with van der Waals surface area (Å²) in [5, 5.41) is 20.7. The van der Waals surface area contributed by atoms with Gasteiger partial charge in [0, 0.05) is 42.4 Å². The summed E-state index contributed by atoms with van der Waals surface area (Å²) in [6.07, 6.45) is 4.41. The summed E-state index contributed by atoms with van der Waals surface area (Å²) in [7, 11) is 3.41. The van der Waals surface area contributed by atoms with Crippen LogP contribution in [0.3, 0.4) is 0 Å². The summed E-state index contributed by atoms with van der Waals surface area (Å²) in [5.74, 6) is 2.92. The number of nitrogens with one attached hydrogen (secondary N) is 2. The number of rotatable bonds is 9. The lowest BCUT2D eigenvalue weighted by Gasteiger charge is -2.20. The SMILES string of the molecule is COc1c(Oc2ccnc(NC(=O)C3CC3)c2)cnc2nc(Nc3cc(C(C)(C)C)n(CC(C)O)n3)n(C)c12. The molecule has 1 atom stereocenters. The van der Waals surface area contributed by atoms with Gasteiger partial charge >= 0.3 is 0 Å². The smallest absolute Gasteiger partial charge is 0.228 e. The van der Waals surface area contributed by atoms with Crippen molar-refractivity contribution in [1.29, 1.82) is 0 Å². The summed E-state index contributed by atoms with van der Waals surface area (Å²) >= 11 is 0. The second-order valence-corrected chi connectivity index (χ2v) is 10.9. The fourth-order valence-corrected chi connectivity index (χ4v) is 4.33. The maximum absolute atomic E-state index is 12.1. The lowest BCUT2D eigenvalue weighted by molar-refractivity contribution is -0.117. The van der Waals surface area contributed by atoms with E-state index in [2.05, 4.69) is 51.5 Å². The van der Waals surface area contributed by atoms with Crippen LogP contribution in [0.5, 0.6) is 17.2 Å². The highest BCUT2D eigenvalue weighted by Gasteiger charge is 2.30. The second-order valence-electron chi connectivity index (χ2n) is 10.9. The zero-order valence-electron chi connectivity index (χ0n) is 23.0. The fraction of sp³-hybridized carbons (Fsp3) is 0.444. The molecule has 0 aromatic carbocycles. The van der Waals surface area contributed by atoms with E-state index in [0.29, 0.717) is 52.5 Å². The number of aryl methyl sites for hydroxylation is 1. The molecule has 12 heteroatoms. The highest BCUT2D eigenvalue weighted by Crippen LogP contribution is 2.38. The second kappa shape index (κ2) is 10.2. The first-order chi connectivity index (χ1) is 18.5. The molecule has 206 valence electrons. The largest absolute Gasteiger partial charge is 0.491 e. The molecule has 0 radical (unpaired) electrons. The van der Waals surface area contributed by atoms with Gasteiger partial charge in [0.25, 0.3) is 0 Å². The van der Waals surface area contributed by atoms with Crippen molar-refractivity contribution in [3.63, 3.8) is 0 Å². The minimum Gasteiger partial charge on any atom is -0.491 e. The molecule has 0 spiro atoms. The molecule has 12 nitrogen and oxygen atoms in total. The number of imidazole rings is 1. The van der Waals surface area contributed by atoms with Crippen molar-refractivity contribution in [3.05, 3.63) is 36.3 Å². The number of pyridine rings is 2. The molecule has 3 N–H and O–H groups in total. The van der Waals surface area contributed by atoms with E-state index in [0.717, 1.165) is 18.5 Å². The highest BCUT2D eigenvalue weighted by molar-refractivity contribution is 5.93. The van der Waals surface area contributed by atoms with Crippen molar-refractivity contribution in [1.82, 2.24) is 29.3 Å². The van der Waals surface area contributed by atoms with Crippen LogP contribution in [0.1, 0.15) is 46.2 Å². The Kier molecular flexibility index (Phi) is 6.89. The Morgan fingerprint density at radius 2 is 2.00 bits per heavy atom.